The number of hydrogen-bond donors (Lipinski definition) is 1. The maximum Gasteiger partial charge on any atom is 0.255 e. The van der Waals surface area contributed by atoms with E-state index >= 15 is 0 Å². The van der Waals surface area contributed by atoms with Gasteiger partial charge < -0.3 is 4.98 Å². The van der Waals surface area contributed by atoms with Gasteiger partial charge in [-0.1, -0.05) is 71.4 Å². The normalized spacial score (nSPS) is 10.8. The van der Waals surface area contributed by atoms with Crippen molar-refractivity contribution in [1.82, 2.24) is 9.97 Å². The summed E-state index contributed by atoms with van der Waals surface area (Å²) in [6, 6.07) is 16.5. The van der Waals surface area contributed by atoms with Gasteiger partial charge in [-0.2, -0.15) is 0 Å². The van der Waals surface area contributed by atoms with Crippen molar-refractivity contribution in [3.63, 3.8) is 0 Å². The molecule has 0 atom stereocenters. The minimum absolute atomic E-state index is 0.0423. The zero-order valence-electron chi connectivity index (χ0n) is 14.8. The van der Waals surface area contributed by atoms with Gasteiger partial charge in [-0.25, -0.2) is 4.98 Å². The molecule has 0 bridgehead atoms. The summed E-state index contributed by atoms with van der Waals surface area (Å²) >= 11 is 1.57. The second-order valence-electron chi connectivity index (χ2n) is 6.38. The molecular formula is C21H22N2OS. The summed E-state index contributed by atoms with van der Waals surface area (Å²) < 4.78 is 0. The topological polar surface area (TPSA) is 45.8 Å². The van der Waals surface area contributed by atoms with E-state index in [1.54, 1.807) is 11.8 Å². The molecule has 0 saturated heterocycles. The van der Waals surface area contributed by atoms with Crippen LogP contribution in [0.15, 0.2) is 58.5 Å². The summed E-state index contributed by atoms with van der Waals surface area (Å²) in [5.74, 6) is 0.795. The van der Waals surface area contributed by atoms with E-state index < -0.39 is 0 Å². The van der Waals surface area contributed by atoms with E-state index in [2.05, 4.69) is 42.0 Å². The second-order valence-corrected chi connectivity index (χ2v) is 7.35. The Balaban J connectivity index is 1.76. The Morgan fingerprint density at radius 1 is 0.960 bits per heavy atom. The fourth-order valence-electron chi connectivity index (χ4n) is 2.97. The molecular weight excluding hydrogens is 328 g/mol. The van der Waals surface area contributed by atoms with Crippen LogP contribution in [0.4, 0.5) is 0 Å². The van der Waals surface area contributed by atoms with Crippen molar-refractivity contribution in [3.8, 4) is 0 Å². The average Bonchev–Trinajstić information content (AvgIpc) is 2.56. The summed E-state index contributed by atoms with van der Waals surface area (Å²) in [5.41, 5.74) is 6.37. The number of hydrogen-bond acceptors (Lipinski definition) is 3. The van der Waals surface area contributed by atoms with Gasteiger partial charge >= 0.3 is 0 Å². The van der Waals surface area contributed by atoms with Crippen LogP contribution < -0.4 is 5.56 Å². The minimum Gasteiger partial charge on any atom is -0.301 e. The summed E-state index contributed by atoms with van der Waals surface area (Å²) in [4.78, 5) is 20.0. The predicted octanol–water partition coefficient (Wildman–Crippen LogP) is 4.58. The predicted molar refractivity (Wildman–Crippen MR) is 104 cm³/mol. The first-order valence-corrected chi connectivity index (χ1v) is 9.33. The molecule has 0 saturated carbocycles. The lowest BCUT2D eigenvalue weighted by Crippen LogP contribution is -2.17. The molecule has 128 valence electrons. The minimum atomic E-state index is -0.0423. The number of nitrogens with zero attached hydrogens (tertiary/aromatic N) is 1. The van der Waals surface area contributed by atoms with Gasteiger partial charge in [-0.15, -0.1) is 0 Å². The van der Waals surface area contributed by atoms with Gasteiger partial charge in [0.1, 0.15) is 0 Å². The maximum atomic E-state index is 12.5. The summed E-state index contributed by atoms with van der Waals surface area (Å²) in [5, 5.41) is 0.679. The van der Waals surface area contributed by atoms with E-state index in [-0.39, 0.29) is 5.56 Å². The molecule has 0 spiro atoms. The van der Waals surface area contributed by atoms with Crippen molar-refractivity contribution < 1.29 is 0 Å². The molecule has 0 aliphatic carbocycles. The smallest absolute Gasteiger partial charge is 0.255 e. The lowest BCUT2D eigenvalue weighted by atomic mass is 10.1. The van der Waals surface area contributed by atoms with E-state index in [0.29, 0.717) is 11.6 Å². The van der Waals surface area contributed by atoms with Crippen LogP contribution in [0, 0.1) is 20.8 Å². The van der Waals surface area contributed by atoms with Gasteiger partial charge in [-0.05, 0) is 31.9 Å². The number of rotatable bonds is 5. The molecule has 1 aromatic heterocycles. The first kappa shape index (κ1) is 17.5. The number of benzene rings is 2. The Morgan fingerprint density at radius 2 is 1.64 bits per heavy atom. The van der Waals surface area contributed by atoms with Crippen LogP contribution in [0.5, 0.6) is 0 Å². The first-order valence-electron chi connectivity index (χ1n) is 8.35. The van der Waals surface area contributed by atoms with E-state index in [9.17, 15) is 4.79 Å². The van der Waals surface area contributed by atoms with Crippen LogP contribution in [0.1, 0.15) is 33.5 Å². The summed E-state index contributed by atoms with van der Waals surface area (Å²) in [6.45, 7) is 6.11. The Labute approximate surface area is 152 Å². The molecule has 0 unspecified atom stereocenters. The van der Waals surface area contributed by atoms with Crippen molar-refractivity contribution in [3.05, 3.63) is 92.4 Å². The molecule has 3 aromatic rings. The van der Waals surface area contributed by atoms with Crippen LogP contribution in [0.25, 0.3) is 0 Å². The molecule has 4 heteroatoms. The highest BCUT2D eigenvalue weighted by atomic mass is 32.2. The first-order chi connectivity index (χ1) is 12.0. The zero-order valence-corrected chi connectivity index (χ0v) is 15.6. The molecule has 0 fully saturated rings. The number of nitrogens with one attached hydrogen (secondary N) is 1. The highest BCUT2D eigenvalue weighted by Gasteiger charge is 2.10. The summed E-state index contributed by atoms with van der Waals surface area (Å²) in [6.07, 6.45) is 0.608. The van der Waals surface area contributed by atoms with Gasteiger partial charge in [0.15, 0.2) is 5.16 Å². The largest absolute Gasteiger partial charge is 0.301 e. The van der Waals surface area contributed by atoms with Gasteiger partial charge in [0.2, 0.25) is 0 Å². The van der Waals surface area contributed by atoms with Crippen molar-refractivity contribution in [1.29, 1.82) is 0 Å². The number of aromatic amines is 1. The highest BCUT2D eigenvalue weighted by Crippen LogP contribution is 2.21. The fraction of sp³-hybridized carbons (Fsp3) is 0.238. The Kier molecular flexibility index (Phi) is 5.39. The molecule has 1 heterocycles. The molecule has 3 nitrogen and oxygen atoms in total. The third-order valence-electron chi connectivity index (χ3n) is 4.08. The van der Waals surface area contributed by atoms with Gasteiger partial charge in [-0.3, -0.25) is 4.79 Å². The SMILES string of the molecule is Cc1cc(C)cc(CSc2nc(C)c(Cc3ccccc3)c(=O)[nH]2)c1. The number of thioether (sulfide) groups is 1. The van der Waals surface area contributed by atoms with Crippen molar-refractivity contribution in [2.24, 2.45) is 0 Å². The molecule has 1 N–H and O–H groups in total. The van der Waals surface area contributed by atoms with Crippen LogP contribution in [0.2, 0.25) is 0 Å². The standard InChI is InChI=1S/C21H22N2OS/c1-14-9-15(2)11-18(10-14)13-25-21-22-16(3)19(20(24)23-21)12-17-7-5-4-6-8-17/h4-11H,12-13H2,1-3H3,(H,22,23,24). The average molecular weight is 350 g/mol. The van der Waals surface area contributed by atoms with Crippen LogP contribution in [-0.4, -0.2) is 9.97 Å². The van der Waals surface area contributed by atoms with Crippen LogP contribution in [-0.2, 0) is 12.2 Å². The van der Waals surface area contributed by atoms with Crippen molar-refractivity contribution in [2.45, 2.75) is 38.1 Å². The monoisotopic (exact) mass is 350 g/mol. The number of aryl methyl sites for hydroxylation is 3. The highest BCUT2D eigenvalue weighted by molar-refractivity contribution is 7.98. The van der Waals surface area contributed by atoms with Crippen LogP contribution in [0.3, 0.4) is 0 Å². The van der Waals surface area contributed by atoms with E-state index in [1.165, 1.54) is 16.7 Å². The lowest BCUT2D eigenvalue weighted by Gasteiger charge is -2.08. The molecule has 0 aliphatic rings. The van der Waals surface area contributed by atoms with E-state index in [1.807, 2.05) is 37.3 Å². The molecule has 0 amide bonds. The Morgan fingerprint density at radius 3 is 2.28 bits per heavy atom. The Bertz CT molecular complexity index is 912. The quantitative estimate of drug-likeness (QED) is 0.541. The third-order valence-corrected chi connectivity index (χ3v) is 5.03. The molecule has 25 heavy (non-hydrogen) atoms. The van der Waals surface area contributed by atoms with Gasteiger partial charge in [0.25, 0.3) is 5.56 Å². The number of aromatic nitrogens is 2. The Hall–Kier alpha value is -2.33. The zero-order chi connectivity index (χ0) is 17.8. The van der Waals surface area contributed by atoms with Crippen molar-refractivity contribution in [2.75, 3.05) is 0 Å². The lowest BCUT2D eigenvalue weighted by molar-refractivity contribution is 0.866. The molecule has 3 rings (SSSR count). The third kappa shape index (κ3) is 4.60. The molecule has 2 aromatic carbocycles. The second kappa shape index (κ2) is 7.70. The van der Waals surface area contributed by atoms with Gasteiger partial charge in [0, 0.05) is 23.4 Å². The van der Waals surface area contributed by atoms with E-state index in [4.69, 9.17) is 0 Å². The molecule has 0 aliphatic heterocycles. The summed E-state index contributed by atoms with van der Waals surface area (Å²) in [7, 11) is 0. The van der Waals surface area contributed by atoms with E-state index in [0.717, 1.165) is 22.6 Å². The number of H-pyrrole nitrogens is 1. The van der Waals surface area contributed by atoms with Gasteiger partial charge in [0.05, 0.1) is 0 Å². The maximum absolute atomic E-state index is 12.5. The van der Waals surface area contributed by atoms with Crippen molar-refractivity contribution >= 4 is 11.8 Å². The fourth-order valence-corrected chi connectivity index (χ4v) is 3.80. The molecule has 0 radical (unpaired) electrons. The van der Waals surface area contributed by atoms with Crippen LogP contribution >= 0.6 is 11.8 Å².